The highest BCUT2D eigenvalue weighted by atomic mass is 16.3. The van der Waals surface area contributed by atoms with Crippen molar-refractivity contribution in [1.82, 2.24) is 0 Å². The van der Waals surface area contributed by atoms with E-state index in [-0.39, 0.29) is 11.2 Å². The quantitative estimate of drug-likeness (QED) is 0.723. The Morgan fingerprint density at radius 3 is 2.50 bits per heavy atom. The summed E-state index contributed by atoms with van der Waals surface area (Å²) < 4.78 is 0. The average molecular weight is 250 g/mol. The first-order valence-corrected chi connectivity index (χ1v) is 7.02. The molecule has 3 atom stereocenters. The van der Waals surface area contributed by atoms with Gasteiger partial charge in [-0.05, 0) is 57.8 Å². The standard InChI is InChI=1S/C16H26O2/c1-11(17)15(4)10-13-12(9-16(15,5)18)7-6-8-14(13,2)3/h7,13,18H,6,8-10H2,1-5H3/t13-,15+,16-/m0/s1. The molecule has 2 heteroatoms. The second-order valence-corrected chi connectivity index (χ2v) is 7.40. The summed E-state index contributed by atoms with van der Waals surface area (Å²) in [5.41, 5.74) is 0.102. The zero-order chi connectivity index (χ0) is 13.8. The van der Waals surface area contributed by atoms with Gasteiger partial charge >= 0.3 is 0 Å². The van der Waals surface area contributed by atoms with Crippen LogP contribution in [0.2, 0.25) is 0 Å². The minimum Gasteiger partial charge on any atom is -0.389 e. The maximum absolute atomic E-state index is 12.0. The number of aliphatic hydroxyl groups is 1. The lowest BCUT2D eigenvalue weighted by molar-refractivity contribution is -0.151. The smallest absolute Gasteiger partial charge is 0.138 e. The Morgan fingerprint density at radius 2 is 1.94 bits per heavy atom. The normalized spacial score (nSPS) is 43.0. The fraction of sp³-hybridized carbons (Fsp3) is 0.812. The summed E-state index contributed by atoms with van der Waals surface area (Å²) in [4.78, 5) is 12.0. The van der Waals surface area contributed by atoms with Crippen LogP contribution in [0.1, 0.15) is 60.3 Å². The van der Waals surface area contributed by atoms with Crippen molar-refractivity contribution in [3.05, 3.63) is 11.6 Å². The lowest BCUT2D eigenvalue weighted by atomic mass is 9.52. The minimum atomic E-state index is -0.908. The molecule has 2 nitrogen and oxygen atoms in total. The summed E-state index contributed by atoms with van der Waals surface area (Å²) in [5.74, 6) is 0.563. The third-order valence-corrected chi connectivity index (χ3v) is 5.71. The van der Waals surface area contributed by atoms with E-state index in [9.17, 15) is 9.90 Å². The van der Waals surface area contributed by atoms with Crippen molar-refractivity contribution < 1.29 is 9.90 Å². The third-order valence-electron chi connectivity index (χ3n) is 5.71. The fourth-order valence-electron chi connectivity index (χ4n) is 3.79. The van der Waals surface area contributed by atoms with Crippen molar-refractivity contribution in [2.75, 3.05) is 0 Å². The zero-order valence-electron chi connectivity index (χ0n) is 12.3. The molecule has 0 radical (unpaired) electrons. The van der Waals surface area contributed by atoms with Crippen molar-refractivity contribution in [3.63, 3.8) is 0 Å². The van der Waals surface area contributed by atoms with Crippen LogP contribution in [0, 0.1) is 16.7 Å². The van der Waals surface area contributed by atoms with Crippen LogP contribution in [0.4, 0.5) is 0 Å². The number of rotatable bonds is 1. The number of carbonyl (C=O) groups is 1. The summed E-state index contributed by atoms with van der Waals surface area (Å²) in [7, 11) is 0. The Morgan fingerprint density at radius 1 is 1.33 bits per heavy atom. The molecule has 0 aromatic rings. The highest BCUT2D eigenvalue weighted by Crippen LogP contribution is 2.56. The Labute approximate surface area is 110 Å². The van der Waals surface area contributed by atoms with Gasteiger partial charge in [-0.15, -0.1) is 0 Å². The molecule has 0 spiro atoms. The molecule has 0 aliphatic heterocycles. The zero-order valence-corrected chi connectivity index (χ0v) is 12.3. The number of allylic oxidation sites excluding steroid dienone is 1. The Bertz CT molecular complexity index is 403. The molecule has 0 amide bonds. The SMILES string of the molecule is CC(=O)[C@@]1(C)C[C@H]2C(=CCCC2(C)C)C[C@]1(C)O. The molecule has 102 valence electrons. The number of hydrogen-bond donors (Lipinski definition) is 1. The van der Waals surface area contributed by atoms with E-state index in [4.69, 9.17) is 0 Å². The lowest BCUT2D eigenvalue weighted by Gasteiger charge is -2.54. The van der Waals surface area contributed by atoms with Crippen molar-refractivity contribution >= 4 is 5.78 Å². The molecule has 0 saturated heterocycles. The van der Waals surface area contributed by atoms with E-state index in [1.54, 1.807) is 6.92 Å². The van der Waals surface area contributed by atoms with Crippen LogP contribution in [-0.4, -0.2) is 16.5 Å². The van der Waals surface area contributed by atoms with Crippen molar-refractivity contribution in [2.24, 2.45) is 16.7 Å². The van der Waals surface area contributed by atoms with E-state index >= 15 is 0 Å². The third kappa shape index (κ3) is 1.85. The topological polar surface area (TPSA) is 37.3 Å². The predicted octanol–water partition coefficient (Wildman–Crippen LogP) is 3.49. The van der Waals surface area contributed by atoms with E-state index in [0.29, 0.717) is 12.3 Å². The molecule has 0 aromatic carbocycles. The highest BCUT2D eigenvalue weighted by Gasteiger charge is 2.55. The first-order chi connectivity index (χ1) is 8.10. The van der Waals surface area contributed by atoms with Crippen molar-refractivity contribution in [1.29, 1.82) is 0 Å². The largest absolute Gasteiger partial charge is 0.389 e. The number of ketones is 1. The lowest BCUT2D eigenvalue weighted by Crippen LogP contribution is -2.55. The number of hydrogen-bond acceptors (Lipinski definition) is 2. The predicted molar refractivity (Wildman–Crippen MR) is 73.2 cm³/mol. The summed E-state index contributed by atoms with van der Waals surface area (Å²) in [5, 5.41) is 10.7. The number of carbonyl (C=O) groups excluding carboxylic acids is 1. The van der Waals surface area contributed by atoms with E-state index in [2.05, 4.69) is 19.9 Å². The van der Waals surface area contributed by atoms with Crippen LogP contribution < -0.4 is 0 Å². The molecule has 2 rings (SSSR count). The first kappa shape index (κ1) is 13.8. The van der Waals surface area contributed by atoms with Gasteiger partial charge in [0.05, 0.1) is 11.0 Å². The molecular weight excluding hydrogens is 224 g/mol. The van der Waals surface area contributed by atoms with Gasteiger partial charge < -0.3 is 5.11 Å². The molecular formula is C16H26O2. The van der Waals surface area contributed by atoms with E-state index in [0.717, 1.165) is 12.8 Å². The van der Waals surface area contributed by atoms with Crippen LogP contribution >= 0.6 is 0 Å². The molecule has 2 aliphatic carbocycles. The maximum atomic E-state index is 12.0. The molecule has 0 bridgehead atoms. The molecule has 0 aromatic heterocycles. The van der Waals surface area contributed by atoms with Gasteiger partial charge in [0.25, 0.3) is 0 Å². The molecule has 18 heavy (non-hydrogen) atoms. The van der Waals surface area contributed by atoms with Crippen LogP contribution in [0.3, 0.4) is 0 Å². The van der Waals surface area contributed by atoms with Crippen LogP contribution in [0.15, 0.2) is 11.6 Å². The van der Waals surface area contributed by atoms with Gasteiger partial charge in [-0.25, -0.2) is 0 Å². The van der Waals surface area contributed by atoms with Crippen molar-refractivity contribution in [3.8, 4) is 0 Å². The van der Waals surface area contributed by atoms with Gasteiger partial charge in [0, 0.05) is 0 Å². The first-order valence-electron chi connectivity index (χ1n) is 7.02. The number of Topliss-reactive ketones (excluding diaryl/α,β-unsaturated/α-hetero) is 1. The van der Waals surface area contributed by atoms with Crippen LogP contribution in [0.5, 0.6) is 0 Å². The average Bonchev–Trinajstić information content (AvgIpc) is 2.20. The van der Waals surface area contributed by atoms with Crippen molar-refractivity contribution in [2.45, 2.75) is 65.9 Å². The molecule has 1 N–H and O–H groups in total. The van der Waals surface area contributed by atoms with E-state index in [1.807, 2.05) is 13.8 Å². The van der Waals surface area contributed by atoms with E-state index in [1.165, 1.54) is 12.0 Å². The summed E-state index contributed by atoms with van der Waals surface area (Å²) in [6.07, 6.45) is 6.01. The molecule has 0 unspecified atom stereocenters. The molecule has 2 aliphatic rings. The maximum Gasteiger partial charge on any atom is 0.138 e. The Balaban J connectivity index is 2.43. The second-order valence-electron chi connectivity index (χ2n) is 7.40. The molecule has 1 fully saturated rings. The molecule has 0 heterocycles. The van der Waals surface area contributed by atoms with Gasteiger partial charge in [-0.2, -0.15) is 0 Å². The van der Waals surface area contributed by atoms with Gasteiger partial charge in [-0.3, -0.25) is 4.79 Å². The van der Waals surface area contributed by atoms with Crippen LogP contribution in [-0.2, 0) is 4.79 Å². The number of fused-ring (bicyclic) bond motifs is 1. The fourth-order valence-corrected chi connectivity index (χ4v) is 3.79. The summed E-state index contributed by atoms with van der Waals surface area (Å²) in [6.45, 7) is 9.99. The Kier molecular flexibility index (Phi) is 3.01. The highest BCUT2D eigenvalue weighted by molar-refractivity contribution is 5.83. The van der Waals surface area contributed by atoms with E-state index < -0.39 is 11.0 Å². The van der Waals surface area contributed by atoms with Gasteiger partial charge in [-0.1, -0.05) is 25.5 Å². The van der Waals surface area contributed by atoms with Gasteiger partial charge in [0.1, 0.15) is 5.78 Å². The van der Waals surface area contributed by atoms with Gasteiger partial charge in [0.2, 0.25) is 0 Å². The van der Waals surface area contributed by atoms with Gasteiger partial charge in [0.15, 0.2) is 0 Å². The molecule has 1 saturated carbocycles. The summed E-state index contributed by atoms with van der Waals surface area (Å²) >= 11 is 0. The Hall–Kier alpha value is -0.630. The van der Waals surface area contributed by atoms with Crippen LogP contribution in [0.25, 0.3) is 0 Å². The monoisotopic (exact) mass is 250 g/mol. The second kappa shape index (κ2) is 3.93. The minimum absolute atomic E-state index is 0.118. The summed E-state index contributed by atoms with van der Waals surface area (Å²) in [6, 6.07) is 0.